The van der Waals surface area contributed by atoms with Crippen molar-refractivity contribution in [1.29, 1.82) is 0 Å². The maximum Gasteiger partial charge on any atom is 0.227 e. The zero-order valence-corrected chi connectivity index (χ0v) is 16.5. The number of rotatable bonds is 16. The molecular formula is C20H39N5. The van der Waals surface area contributed by atoms with E-state index in [0.717, 1.165) is 38.1 Å². The third-order valence-corrected chi connectivity index (χ3v) is 4.52. The molecule has 5 heteroatoms. The van der Waals surface area contributed by atoms with Crippen molar-refractivity contribution in [2.45, 2.75) is 104 Å². The highest BCUT2D eigenvalue weighted by molar-refractivity contribution is 5.30. The number of aryl methyl sites for hydroxylation is 1. The van der Waals surface area contributed by atoms with Crippen molar-refractivity contribution in [3.63, 3.8) is 0 Å². The lowest BCUT2D eigenvalue weighted by atomic mass is 10.1. The molecule has 0 aliphatic carbocycles. The first-order valence-corrected chi connectivity index (χ1v) is 10.5. The SMILES string of the molecule is CCCCCCCCCCCCCc1nc(N)nc(NCCCC)n1. The van der Waals surface area contributed by atoms with E-state index < -0.39 is 0 Å². The van der Waals surface area contributed by atoms with E-state index in [2.05, 4.69) is 34.1 Å². The predicted octanol–water partition coefficient (Wildman–Crippen LogP) is 5.52. The van der Waals surface area contributed by atoms with Crippen molar-refractivity contribution in [2.75, 3.05) is 17.6 Å². The van der Waals surface area contributed by atoms with Gasteiger partial charge in [-0.15, -0.1) is 0 Å². The number of anilines is 2. The van der Waals surface area contributed by atoms with Crippen LogP contribution in [0.1, 0.15) is 103 Å². The van der Waals surface area contributed by atoms with Crippen LogP contribution < -0.4 is 11.1 Å². The molecule has 0 amide bonds. The summed E-state index contributed by atoms with van der Waals surface area (Å²) >= 11 is 0. The minimum Gasteiger partial charge on any atom is -0.368 e. The number of unbranched alkanes of at least 4 members (excludes halogenated alkanes) is 11. The van der Waals surface area contributed by atoms with Crippen LogP contribution in [-0.4, -0.2) is 21.5 Å². The number of hydrogen-bond acceptors (Lipinski definition) is 5. The van der Waals surface area contributed by atoms with Crippen molar-refractivity contribution in [3.05, 3.63) is 5.82 Å². The van der Waals surface area contributed by atoms with Crippen molar-refractivity contribution in [2.24, 2.45) is 0 Å². The normalized spacial score (nSPS) is 11.0. The van der Waals surface area contributed by atoms with Crippen molar-refractivity contribution < 1.29 is 0 Å². The zero-order chi connectivity index (χ0) is 18.2. The van der Waals surface area contributed by atoms with Crippen molar-refractivity contribution in [3.8, 4) is 0 Å². The molecule has 0 saturated heterocycles. The quantitative estimate of drug-likeness (QED) is 0.384. The fraction of sp³-hybridized carbons (Fsp3) is 0.850. The highest BCUT2D eigenvalue weighted by Gasteiger charge is 2.04. The van der Waals surface area contributed by atoms with Crippen LogP contribution in [0.2, 0.25) is 0 Å². The molecule has 0 fully saturated rings. The Labute approximate surface area is 154 Å². The molecule has 0 saturated carbocycles. The lowest BCUT2D eigenvalue weighted by Crippen LogP contribution is -2.10. The molecule has 25 heavy (non-hydrogen) atoms. The van der Waals surface area contributed by atoms with Gasteiger partial charge >= 0.3 is 0 Å². The maximum absolute atomic E-state index is 5.79. The van der Waals surface area contributed by atoms with E-state index in [0.29, 0.717) is 11.9 Å². The van der Waals surface area contributed by atoms with E-state index >= 15 is 0 Å². The number of nitrogens with two attached hydrogens (primary N) is 1. The van der Waals surface area contributed by atoms with Crippen LogP contribution in [0.15, 0.2) is 0 Å². The van der Waals surface area contributed by atoms with E-state index in [9.17, 15) is 0 Å². The van der Waals surface area contributed by atoms with Gasteiger partial charge in [0.05, 0.1) is 0 Å². The molecule has 0 spiro atoms. The summed E-state index contributed by atoms with van der Waals surface area (Å²) in [5, 5.41) is 3.23. The zero-order valence-electron chi connectivity index (χ0n) is 16.5. The number of aromatic nitrogens is 3. The Bertz CT molecular complexity index is 436. The average Bonchev–Trinajstić information content (AvgIpc) is 2.59. The summed E-state index contributed by atoms with van der Waals surface area (Å²) in [4.78, 5) is 12.9. The number of nitrogens with zero attached hydrogens (tertiary/aromatic N) is 3. The molecule has 5 nitrogen and oxygen atoms in total. The van der Waals surface area contributed by atoms with Crippen LogP contribution >= 0.6 is 0 Å². The van der Waals surface area contributed by atoms with Crippen LogP contribution in [0.3, 0.4) is 0 Å². The molecule has 0 bridgehead atoms. The largest absolute Gasteiger partial charge is 0.368 e. The molecular weight excluding hydrogens is 310 g/mol. The second-order valence-electron chi connectivity index (χ2n) is 7.00. The number of nitrogens with one attached hydrogen (secondary N) is 1. The second kappa shape index (κ2) is 14.9. The Balaban J connectivity index is 2.07. The van der Waals surface area contributed by atoms with Gasteiger partial charge in [-0.05, 0) is 12.8 Å². The average molecular weight is 350 g/mol. The summed E-state index contributed by atoms with van der Waals surface area (Å²) < 4.78 is 0. The third kappa shape index (κ3) is 11.7. The smallest absolute Gasteiger partial charge is 0.227 e. The Morgan fingerprint density at radius 3 is 1.84 bits per heavy atom. The summed E-state index contributed by atoms with van der Waals surface area (Å²) in [7, 11) is 0. The first kappa shape index (κ1) is 21.7. The van der Waals surface area contributed by atoms with E-state index in [1.165, 1.54) is 64.2 Å². The number of nitrogen functional groups attached to an aromatic ring is 1. The second-order valence-corrected chi connectivity index (χ2v) is 7.00. The Morgan fingerprint density at radius 1 is 0.680 bits per heavy atom. The molecule has 1 aromatic rings. The van der Waals surface area contributed by atoms with Crippen LogP contribution in [0, 0.1) is 0 Å². The minimum atomic E-state index is 0.326. The first-order chi connectivity index (χ1) is 12.3. The van der Waals surface area contributed by atoms with Crippen LogP contribution in [-0.2, 0) is 6.42 Å². The highest BCUT2D eigenvalue weighted by atomic mass is 15.2. The topological polar surface area (TPSA) is 76.7 Å². The van der Waals surface area contributed by atoms with Gasteiger partial charge in [0.2, 0.25) is 11.9 Å². The Morgan fingerprint density at radius 2 is 1.24 bits per heavy atom. The molecule has 0 aliphatic rings. The summed E-state index contributed by atoms with van der Waals surface area (Å²) in [6.07, 6.45) is 18.0. The number of hydrogen-bond donors (Lipinski definition) is 2. The van der Waals surface area contributed by atoms with Gasteiger partial charge in [-0.1, -0.05) is 84.5 Å². The van der Waals surface area contributed by atoms with Crippen molar-refractivity contribution >= 4 is 11.9 Å². The van der Waals surface area contributed by atoms with Gasteiger partial charge in [0.25, 0.3) is 0 Å². The molecule has 0 radical (unpaired) electrons. The Hall–Kier alpha value is -1.39. The predicted molar refractivity (Wildman–Crippen MR) is 108 cm³/mol. The van der Waals surface area contributed by atoms with Crippen LogP contribution in [0.5, 0.6) is 0 Å². The Kier molecular flexibility index (Phi) is 12.9. The minimum absolute atomic E-state index is 0.326. The van der Waals surface area contributed by atoms with E-state index in [1.807, 2.05) is 0 Å². The van der Waals surface area contributed by atoms with Gasteiger partial charge in [-0.2, -0.15) is 15.0 Å². The monoisotopic (exact) mass is 349 g/mol. The first-order valence-electron chi connectivity index (χ1n) is 10.5. The van der Waals surface area contributed by atoms with Gasteiger partial charge in [0.15, 0.2) is 0 Å². The van der Waals surface area contributed by atoms with Gasteiger partial charge < -0.3 is 11.1 Å². The maximum atomic E-state index is 5.79. The van der Waals surface area contributed by atoms with Gasteiger partial charge in [0.1, 0.15) is 5.82 Å². The molecule has 0 atom stereocenters. The van der Waals surface area contributed by atoms with Crippen LogP contribution in [0.4, 0.5) is 11.9 Å². The summed E-state index contributed by atoms with van der Waals surface area (Å²) in [5.74, 6) is 1.77. The van der Waals surface area contributed by atoms with Gasteiger partial charge in [0, 0.05) is 13.0 Å². The van der Waals surface area contributed by atoms with Gasteiger partial charge in [-0.25, -0.2) is 0 Å². The highest BCUT2D eigenvalue weighted by Crippen LogP contribution is 2.12. The summed E-state index contributed by atoms with van der Waals surface area (Å²) in [6, 6.07) is 0. The molecule has 1 heterocycles. The molecule has 3 N–H and O–H groups in total. The van der Waals surface area contributed by atoms with E-state index in [4.69, 9.17) is 5.73 Å². The molecule has 144 valence electrons. The molecule has 1 aromatic heterocycles. The third-order valence-electron chi connectivity index (χ3n) is 4.52. The fourth-order valence-electron chi connectivity index (χ4n) is 2.95. The lowest BCUT2D eigenvalue weighted by molar-refractivity contribution is 0.547. The lowest BCUT2D eigenvalue weighted by Gasteiger charge is -2.07. The summed E-state index contributed by atoms with van der Waals surface area (Å²) in [6.45, 7) is 5.33. The van der Waals surface area contributed by atoms with E-state index in [-0.39, 0.29) is 0 Å². The molecule has 0 aromatic carbocycles. The van der Waals surface area contributed by atoms with Gasteiger partial charge in [-0.3, -0.25) is 0 Å². The fourth-order valence-corrected chi connectivity index (χ4v) is 2.95. The van der Waals surface area contributed by atoms with Crippen molar-refractivity contribution in [1.82, 2.24) is 15.0 Å². The molecule has 0 aliphatic heterocycles. The van der Waals surface area contributed by atoms with Crippen LogP contribution in [0.25, 0.3) is 0 Å². The molecule has 0 unspecified atom stereocenters. The standard InChI is InChI=1S/C20H39N5/c1-3-5-7-8-9-10-11-12-13-14-15-16-18-23-19(21)25-20(24-18)22-17-6-4-2/h3-17H2,1-2H3,(H3,21,22,23,24,25). The molecule has 1 rings (SSSR count). The van der Waals surface area contributed by atoms with E-state index in [1.54, 1.807) is 0 Å². The summed E-state index contributed by atoms with van der Waals surface area (Å²) in [5.41, 5.74) is 5.79.